The first-order chi connectivity index (χ1) is 6.79. The molecule has 2 aliphatic carbocycles. The van der Waals surface area contributed by atoms with Gasteiger partial charge in [0.2, 0.25) is 0 Å². The highest BCUT2D eigenvalue weighted by atomic mass is 14.3. The van der Waals surface area contributed by atoms with Crippen molar-refractivity contribution in [2.24, 2.45) is 0 Å². The molecule has 0 spiro atoms. The molecular formula is C14H10. The van der Waals surface area contributed by atoms with Crippen molar-refractivity contribution in [2.45, 2.75) is 6.92 Å². The maximum Gasteiger partial charge on any atom is 0.0316 e. The molecule has 0 saturated heterocycles. The van der Waals surface area contributed by atoms with E-state index < -0.39 is 0 Å². The van der Waals surface area contributed by atoms with Crippen LogP contribution in [-0.2, 0) is 0 Å². The van der Waals surface area contributed by atoms with E-state index in [4.69, 9.17) is 0 Å². The second kappa shape index (κ2) is 2.37. The van der Waals surface area contributed by atoms with Gasteiger partial charge in [0.05, 0.1) is 0 Å². The predicted molar refractivity (Wildman–Crippen MR) is 59.8 cm³/mol. The number of hydrogen-bond donors (Lipinski definition) is 0. The van der Waals surface area contributed by atoms with Gasteiger partial charge in [0, 0.05) is 5.57 Å². The van der Waals surface area contributed by atoms with Gasteiger partial charge in [-0.25, -0.2) is 0 Å². The van der Waals surface area contributed by atoms with E-state index in [1.54, 1.807) is 0 Å². The molecule has 0 bridgehead atoms. The summed E-state index contributed by atoms with van der Waals surface area (Å²) < 4.78 is 0. The van der Waals surface area contributed by atoms with Crippen LogP contribution in [0.2, 0.25) is 0 Å². The standard InChI is InChI=1S/C14H10/c1-9-5-3-8-13-12-7-4-6-11(12)10(2)14(9)13/h3-5,7-8H,2H2,1H3. The number of fused-ring (bicyclic) bond motifs is 3. The van der Waals surface area contributed by atoms with Crippen molar-refractivity contribution in [2.75, 3.05) is 0 Å². The number of allylic oxidation sites excluding steroid dienone is 4. The molecule has 14 heavy (non-hydrogen) atoms. The summed E-state index contributed by atoms with van der Waals surface area (Å²) in [6.45, 7) is 6.27. The Morgan fingerprint density at radius 1 is 1.29 bits per heavy atom. The van der Waals surface area contributed by atoms with Gasteiger partial charge in [-0.2, -0.15) is 0 Å². The molecular weight excluding hydrogens is 168 g/mol. The molecule has 0 aliphatic heterocycles. The van der Waals surface area contributed by atoms with Crippen LogP contribution in [0.3, 0.4) is 0 Å². The van der Waals surface area contributed by atoms with Gasteiger partial charge in [0.1, 0.15) is 0 Å². The van der Waals surface area contributed by atoms with Crippen LogP contribution in [0, 0.1) is 6.92 Å². The molecule has 0 aromatic heterocycles. The lowest BCUT2D eigenvalue weighted by molar-refractivity contribution is 1.43. The molecule has 2 aliphatic rings. The van der Waals surface area contributed by atoms with Crippen LogP contribution in [0.4, 0.5) is 0 Å². The zero-order chi connectivity index (χ0) is 9.71. The van der Waals surface area contributed by atoms with Gasteiger partial charge in [-0.1, -0.05) is 24.8 Å². The molecule has 0 saturated carbocycles. The smallest absolute Gasteiger partial charge is 0.0316 e. The van der Waals surface area contributed by atoms with Crippen molar-refractivity contribution in [1.82, 2.24) is 0 Å². The van der Waals surface area contributed by atoms with Crippen LogP contribution in [0.15, 0.2) is 48.2 Å². The average Bonchev–Trinajstić information content (AvgIpc) is 2.71. The minimum absolute atomic E-state index is 1.12. The highest BCUT2D eigenvalue weighted by Gasteiger charge is 2.26. The normalized spacial score (nSPS) is 16.5. The topological polar surface area (TPSA) is 0 Å². The van der Waals surface area contributed by atoms with E-state index in [0.717, 1.165) is 5.57 Å². The van der Waals surface area contributed by atoms with Gasteiger partial charge in [-0.05, 0) is 46.9 Å². The van der Waals surface area contributed by atoms with E-state index in [1.165, 1.54) is 27.8 Å². The number of hydrogen-bond acceptors (Lipinski definition) is 0. The average molecular weight is 178 g/mol. The van der Waals surface area contributed by atoms with Crippen molar-refractivity contribution in [3.63, 3.8) is 0 Å². The molecule has 0 nitrogen and oxygen atoms in total. The maximum absolute atomic E-state index is 4.14. The van der Waals surface area contributed by atoms with Crippen molar-refractivity contribution < 1.29 is 0 Å². The minimum atomic E-state index is 1.12. The monoisotopic (exact) mass is 178 g/mol. The zero-order valence-electron chi connectivity index (χ0n) is 8.09. The van der Waals surface area contributed by atoms with Crippen LogP contribution in [0.1, 0.15) is 16.7 Å². The van der Waals surface area contributed by atoms with Crippen LogP contribution >= 0.6 is 0 Å². The Morgan fingerprint density at radius 2 is 2.14 bits per heavy atom. The van der Waals surface area contributed by atoms with Gasteiger partial charge in [0.15, 0.2) is 0 Å². The van der Waals surface area contributed by atoms with Crippen molar-refractivity contribution >= 4 is 11.1 Å². The van der Waals surface area contributed by atoms with Crippen LogP contribution in [0.5, 0.6) is 0 Å². The highest BCUT2D eigenvalue weighted by Crippen LogP contribution is 2.46. The zero-order valence-corrected chi connectivity index (χ0v) is 8.09. The molecule has 0 fully saturated rings. The molecule has 0 unspecified atom stereocenters. The lowest BCUT2D eigenvalue weighted by Gasteiger charge is -2.02. The first-order valence-electron chi connectivity index (χ1n) is 4.76. The summed E-state index contributed by atoms with van der Waals surface area (Å²) in [6, 6.07) is 6.40. The summed E-state index contributed by atoms with van der Waals surface area (Å²) in [7, 11) is 0. The molecule has 0 heterocycles. The summed E-state index contributed by atoms with van der Waals surface area (Å²) in [5.41, 5.74) is 10.7. The fourth-order valence-corrected chi connectivity index (χ4v) is 2.26. The SMILES string of the molecule is C=C1C2=C=CC=C2c2cccc(C)c21. The predicted octanol–water partition coefficient (Wildman–Crippen LogP) is 3.50. The van der Waals surface area contributed by atoms with E-state index in [-0.39, 0.29) is 0 Å². The Balaban J connectivity index is 2.42. The summed E-state index contributed by atoms with van der Waals surface area (Å²) in [6.07, 6.45) is 4.09. The fourth-order valence-electron chi connectivity index (χ4n) is 2.26. The Hall–Kier alpha value is -1.78. The first kappa shape index (κ1) is 7.61. The second-order valence-corrected chi connectivity index (χ2v) is 3.74. The highest BCUT2D eigenvalue weighted by molar-refractivity contribution is 6.09. The van der Waals surface area contributed by atoms with Gasteiger partial charge in [-0.15, -0.1) is 5.73 Å². The minimum Gasteiger partial charge on any atom is -0.112 e. The Morgan fingerprint density at radius 3 is 3.00 bits per heavy atom. The largest absolute Gasteiger partial charge is 0.112 e. The second-order valence-electron chi connectivity index (χ2n) is 3.74. The molecule has 0 N–H and O–H groups in total. The van der Waals surface area contributed by atoms with Crippen molar-refractivity contribution in [3.8, 4) is 0 Å². The van der Waals surface area contributed by atoms with Gasteiger partial charge in [-0.3, -0.25) is 0 Å². The summed E-state index contributed by atoms with van der Waals surface area (Å²) in [5.74, 6) is 0. The molecule has 1 aromatic carbocycles. The fraction of sp³-hybridized carbons (Fsp3) is 0.0714. The Bertz CT molecular complexity index is 547. The molecule has 3 rings (SSSR count). The molecule has 0 amide bonds. The van der Waals surface area contributed by atoms with E-state index in [1.807, 2.05) is 6.08 Å². The third-order valence-electron chi connectivity index (χ3n) is 2.91. The lowest BCUT2D eigenvalue weighted by Crippen LogP contribution is -1.84. The third kappa shape index (κ3) is 0.742. The van der Waals surface area contributed by atoms with Gasteiger partial charge in [0.25, 0.3) is 0 Å². The number of aryl methyl sites for hydroxylation is 1. The van der Waals surface area contributed by atoms with Crippen LogP contribution in [0.25, 0.3) is 11.1 Å². The number of rotatable bonds is 0. The Kier molecular flexibility index (Phi) is 1.29. The summed E-state index contributed by atoms with van der Waals surface area (Å²) in [4.78, 5) is 0. The van der Waals surface area contributed by atoms with Gasteiger partial charge < -0.3 is 0 Å². The summed E-state index contributed by atoms with van der Waals surface area (Å²) in [5, 5.41) is 0. The van der Waals surface area contributed by atoms with Crippen LogP contribution < -0.4 is 0 Å². The third-order valence-corrected chi connectivity index (χ3v) is 2.91. The van der Waals surface area contributed by atoms with Gasteiger partial charge >= 0.3 is 0 Å². The molecule has 0 atom stereocenters. The van der Waals surface area contributed by atoms with Crippen molar-refractivity contribution in [1.29, 1.82) is 0 Å². The molecule has 0 heteroatoms. The molecule has 0 radical (unpaired) electrons. The van der Waals surface area contributed by atoms with E-state index >= 15 is 0 Å². The van der Waals surface area contributed by atoms with E-state index in [2.05, 4.69) is 43.5 Å². The Labute approximate surface area is 83.6 Å². The quantitative estimate of drug-likeness (QED) is 0.533. The molecule has 66 valence electrons. The molecule has 1 aromatic rings. The van der Waals surface area contributed by atoms with Crippen molar-refractivity contribution in [3.05, 3.63) is 64.9 Å². The lowest BCUT2D eigenvalue weighted by atomic mass is 10.0. The first-order valence-corrected chi connectivity index (χ1v) is 4.76. The van der Waals surface area contributed by atoms with Crippen LogP contribution in [-0.4, -0.2) is 0 Å². The summed E-state index contributed by atoms with van der Waals surface area (Å²) >= 11 is 0. The van der Waals surface area contributed by atoms with E-state index in [9.17, 15) is 0 Å². The number of benzene rings is 1. The maximum atomic E-state index is 4.14. The van der Waals surface area contributed by atoms with E-state index in [0.29, 0.717) is 0 Å².